The fourth-order valence-electron chi connectivity index (χ4n) is 2.45. The molecule has 0 amide bonds. The van der Waals surface area contributed by atoms with Gasteiger partial charge in [-0.05, 0) is 42.6 Å². The van der Waals surface area contributed by atoms with Crippen LogP contribution in [0.5, 0.6) is 5.75 Å². The minimum Gasteiger partial charge on any atom is -0.497 e. The summed E-state index contributed by atoms with van der Waals surface area (Å²) >= 11 is 0. The third kappa shape index (κ3) is 2.99. The molecule has 0 radical (unpaired) electrons. The van der Waals surface area contributed by atoms with Crippen LogP contribution in [0.2, 0.25) is 0 Å². The lowest BCUT2D eigenvalue weighted by atomic mass is 9.93. The number of piperidine rings is 1. The minimum absolute atomic E-state index is 0.472. The molecule has 0 bridgehead atoms. The summed E-state index contributed by atoms with van der Waals surface area (Å²) in [6.07, 6.45) is 3.80. The molecule has 3 nitrogen and oxygen atoms in total. The van der Waals surface area contributed by atoms with Crippen LogP contribution >= 0.6 is 0 Å². The van der Waals surface area contributed by atoms with Crippen LogP contribution in [0.15, 0.2) is 18.2 Å². The molecule has 3 heteroatoms. The van der Waals surface area contributed by atoms with Crippen molar-refractivity contribution in [2.75, 3.05) is 20.8 Å². The Labute approximate surface area is 103 Å². The molecule has 1 heterocycles. The van der Waals surface area contributed by atoms with Gasteiger partial charge in [0.2, 0.25) is 0 Å². The number of rotatable bonds is 4. The Bertz CT molecular complexity index is 359. The van der Waals surface area contributed by atoms with E-state index in [0.717, 1.165) is 12.3 Å². The molecule has 0 saturated carbocycles. The van der Waals surface area contributed by atoms with Crippen molar-refractivity contribution in [2.45, 2.75) is 31.9 Å². The highest BCUT2D eigenvalue weighted by Crippen LogP contribution is 2.28. The highest BCUT2D eigenvalue weighted by atomic mass is 16.5. The molecule has 1 aliphatic heterocycles. The van der Waals surface area contributed by atoms with Gasteiger partial charge < -0.3 is 14.8 Å². The molecule has 1 aromatic carbocycles. The largest absolute Gasteiger partial charge is 0.497 e. The zero-order valence-corrected chi connectivity index (χ0v) is 10.7. The van der Waals surface area contributed by atoms with Crippen LogP contribution < -0.4 is 10.1 Å². The van der Waals surface area contributed by atoms with E-state index in [2.05, 4.69) is 17.4 Å². The van der Waals surface area contributed by atoms with Gasteiger partial charge in [-0.15, -0.1) is 0 Å². The molecule has 1 fully saturated rings. The van der Waals surface area contributed by atoms with Crippen LogP contribution in [0.3, 0.4) is 0 Å². The lowest BCUT2D eigenvalue weighted by Crippen LogP contribution is -2.27. The van der Waals surface area contributed by atoms with Crippen LogP contribution in [0.4, 0.5) is 0 Å². The van der Waals surface area contributed by atoms with Gasteiger partial charge in [0.1, 0.15) is 5.75 Å². The molecule has 0 spiro atoms. The highest BCUT2D eigenvalue weighted by molar-refractivity contribution is 5.37. The fourth-order valence-corrected chi connectivity index (χ4v) is 2.45. The SMILES string of the molecule is COCc1cc(OC)ccc1C1CCCCN1. The average Bonchev–Trinajstić information content (AvgIpc) is 2.40. The summed E-state index contributed by atoms with van der Waals surface area (Å²) in [5.74, 6) is 0.900. The Morgan fingerprint density at radius 2 is 2.18 bits per heavy atom. The van der Waals surface area contributed by atoms with Gasteiger partial charge >= 0.3 is 0 Å². The first-order valence-corrected chi connectivity index (χ1v) is 6.24. The first kappa shape index (κ1) is 12.4. The van der Waals surface area contributed by atoms with Gasteiger partial charge in [0, 0.05) is 13.2 Å². The van der Waals surface area contributed by atoms with Crippen LogP contribution in [0.25, 0.3) is 0 Å². The van der Waals surface area contributed by atoms with Gasteiger partial charge in [0.05, 0.1) is 13.7 Å². The van der Waals surface area contributed by atoms with Crippen LogP contribution in [0.1, 0.15) is 36.4 Å². The van der Waals surface area contributed by atoms with Gasteiger partial charge in [-0.25, -0.2) is 0 Å². The fraction of sp³-hybridized carbons (Fsp3) is 0.571. The topological polar surface area (TPSA) is 30.5 Å². The molecule has 1 aliphatic rings. The quantitative estimate of drug-likeness (QED) is 0.870. The van der Waals surface area contributed by atoms with E-state index in [-0.39, 0.29) is 0 Å². The summed E-state index contributed by atoms with van der Waals surface area (Å²) in [6.45, 7) is 1.76. The Kier molecular flexibility index (Phi) is 4.40. The first-order chi connectivity index (χ1) is 8.35. The lowest BCUT2D eigenvalue weighted by Gasteiger charge is -2.26. The molecule has 17 heavy (non-hydrogen) atoms. The number of benzene rings is 1. The van der Waals surface area contributed by atoms with Crippen LogP contribution in [-0.4, -0.2) is 20.8 Å². The zero-order valence-electron chi connectivity index (χ0n) is 10.7. The van der Waals surface area contributed by atoms with Crippen molar-refractivity contribution in [2.24, 2.45) is 0 Å². The number of methoxy groups -OCH3 is 2. The molecule has 0 aliphatic carbocycles. The minimum atomic E-state index is 0.472. The third-order valence-electron chi connectivity index (χ3n) is 3.34. The second kappa shape index (κ2) is 6.03. The Balaban J connectivity index is 2.24. The van der Waals surface area contributed by atoms with E-state index in [0.29, 0.717) is 12.6 Å². The summed E-state index contributed by atoms with van der Waals surface area (Å²) in [7, 11) is 3.43. The summed E-state index contributed by atoms with van der Waals surface area (Å²) in [5.41, 5.74) is 2.58. The average molecular weight is 235 g/mol. The van der Waals surface area contributed by atoms with E-state index in [9.17, 15) is 0 Å². The number of hydrogen-bond donors (Lipinski definition) is 1. The Hall–Kier alpha value is -1.06. The molecule has 0 aromatic heterocycles. The molecule has 1 N–H and O–H groups in total. The second-order valence-electron chi connectivity index (χ2n) is 4.50. The summed E-state index contributed by atoms with van der Waals surface area (Å²) in [5, 5.41) is 3.58. The Morgan fingerprint density at radius 1 is 1.29 bits per heavy atom. The predicted octanol–water partition coefficient (Wildman–Crippen LogP) is 2.66. The van der Waals surface area contributed by atoms with E-state index in [1.807, 2.05) is 6.07 Å². The van der Waals surface area contributed by atoms with E-state index in [1.165, 1.54) is 30.4 Å². The molecule has 1 saturated heterocycles. The molecule has 1 aromatic rings. The van der Waals surface area contributed by atoms with Gasteiger partial charge in [-0.3, -0.25) is 0 Å². The summed E-state index contributed by atoms with van der Waals surface area (Å²) in [6, 6.07) is 6.75. The molecule has 1 unspecified atom stereocenters. The van der Waals surface area contributed by atoms with E-state index < -0.39 is 0 Å². The van der Waals surface area contributed by atoms with Gasteiger partial charge in [0.25, 0.3) is 0 Å². The summed E-state index contributed by atoms with van der Waals surface area (Å²) in [4.78, 5) is 0. The zero-order chi connectivity index (χ0) is 12.1. The summed E-state index contributed by atoms with van der Waals surface area (Å²) < 4.78 is 10.5. The standard InChI is InChI=1S/C14H21NO2/c1-16-10-11-9-12(17-2)6-7-13(11)14-5-3-4-8-15-14/h6-7,9,14-15H,3-5,8,10H2,1-2H3. The Morgan fingerprint density at radius 3 is 2.82 bits per heavy atom. The van der Waals surface area contributed by atoms with Gasteiger partial charge in [-0.1, -0.05) is 12.5 Å². The number of ether oxygens (including phenoxy) is 2. The van der Waals surface area contributed by atoms with Crippen LogP contribution in [0, 0.1) is 0 Å². The van der Waals surface area contributed by atoms with E-state index >= 15 is 0 Å². The molecule has 2 rings (SSSR count). The van der Waals surface area contributed by atoms with Crippen molar-refractivity contribution in [1.82, 2.24) is 5.32 Å². The smallest absolute Gasteiger partial charge is 0.119 e. The number of hydrogen-bond acceptors (Lipinski definition) is 3. The van der Waals surface area contributed by atoms with Crippen LogP contribution in [-0.2, 0) is 11.3 Å². The van der Waals surface area contributed by atoms with Gasteiger partial charge in [-0.2, -0.15) is 0 Å². The van der Waals surface area contributed by atoms with Crippen molar-refractivity contribution in [3.8, 4) is 5.75 Å². The molecule has 1 atom stereocenters. The van der Waals surface area contributed by atoms with E-state index in [4.69, 9.17) is 9.47 Å². The third-order valence-corrected chi connectivity index (χ3v) is 3.34. The maximum atomic E-state index is 5.28. The maximum absolute atomic E-state index is 5.28. The van der Waals surface area contributed by atoms with Gasteiger partial charge in [0.15, 0.2) is 0 Å². The first-order valence-electron chi connectivity index (χ1n) is 6.24. The normalized spacial score (nSPS) is 20.2. The van der Waals surface area contributed by atoms with E-state index in [1.54, 1.807) is 14.2 Å². The maximum Gasteiger partial charge on any atom is 0.119 e. The van der Waals surface area contributed by atoms with Crippen molar-refractivity contribution in [3.63, 3.8) is 0 Å². The van der Waals surface area contributed by atoms with Crippen molar-refractivity contribution in [1.29, 1.82) is 0 Å². The highest BCUT2D eigenvalue weighted by Gasteiger charge is 2.18. The number of nitrogens with one attached hydrogen (secondary N) is 1. The molecule has 94 valence electrons. The molecular formula is C14H21NO2. The molecular weight excluding hydrogens is 214 g/mol. The van der Waals surface area contributed by atoms with Crippen molar-refractivity contribution >= 4 is 0 Å². The van der Waals surface area contributed by atoms with Crippen molar-refractivity contribution in [3.05, 3.63) is 29.3 Å². The lowest BCUT2D eigenvalue weighted by molar-refractivity contribution is 0.183. The predicted molar refractivity (Wildman–Crippen MR) is 68.3 cm³/mol. The van der Waals surface area contributed by atoms with Crippen molar-refractivity contribution < 1.29 is 9.47 Å². The monoisotopic (exact) mass is 235 g/mol. The second-order valence-corrected chi connectivity index (χ2v) is 4.50.